The van der Waals surface area contributed by atoms with Crippen LogP contribution in [0.3, 0.4) is 0 Å². The molecule has 1 saturated carbocycles. The summed E-state index contributed by atoms with van der Waals surface area (Å²) in [5.41, 5.74) is 2.28. The Morgan fingerprint density at radius 1 is 1.45 bits per heavy atom. The quantitative estimate of drug-likeness (QED) is 0.867. The summed E-state index contributed by atoms with van der Waals surface area (Å²) in [6.45, 7) is 3.01. The molecule has 2 aliphatic heterocycles. The molecule has 5 atom stereocenters. The summed E-state index contributed by atoms with van der Waals surface area (Å²) in [6, 6.07) is 6.11. The lowest BCUT2D eigenvalue weighted by molar-refractivity contribution is -0.149. The second kappa shape index (κ2) is 5.16. The highest BCUT2D eigenvalue weighted by molar-refractivity contribution is 5.78. The molecule has 1 aliphatic carbocycles. The van der Waals surface area contributed by atoms with E-state index in [0.717, 1.165) is 24.5 Å². The van der Waals surface area contributed by atoms with Crippen molar-refractivity contribution in [2.75, 3.05) is 25.6 Å². The smallest absolute Gasteiger partial charge is 0.311 e. The van der Waals surface area contributed by atoms with Gasteiger partial charge in [0.05, 0.1) is 25.7 Å². The minimum atomic E-state index is -0.129. The minimum Gasteiger partial charge on any atom is -0.497 e. The Balaban J connectivity index is 1.72. The third-order valence-corrected chi connectivity index (χ3v) is 5.27. The second-order valence-corrected chi connectivity index (χ2v) is 6.21. The van der Waals surface area contributed by atoms with Crippen LogP contribution in [-0.2, 0) is 14.3 Å². The Kier molecular flexibility index (Phi) is 3.26. The van der Waals surface area contributed by atoms with Gasteiger partial charge in [0.15, 0.2) is 0 Å². The average molecular weight is 303 g/mol. The highest BCUT2D eigenvalue weighted by atomic mass is 16.5. The number of hydrogen-bond acceptors (Lipinski definition) is 5. The molecule has 3 aliphatic rings. The normalized spacial score (nSPS) is 34.5. The number of ether oxygens (including phenoxy) is 3. The van der Waals surface area contributed by atoms with Gasteiger partial charge in [-0.25, -0.2) is 0 Å². The third-order valence-electron chi connectivity index (χ3n) is 5.27. The molecule has 2 fully saturated rings. The van der Waals surface area contributed by atoms with E-state index >= 15 is 0 Å². The molecule has 0 spiro atoms. The van der Waals surface area contributed by atoms with Crippen LogP contribution in [0.2, 0.25) is 0 Å². The van der Waals surface area contributed by atoms with E-state index in [1.807, 2.05) is 19.1 Å². The number of methoxy groups -OCH3 is 1. The van der Waals surface area contributed by atoms with Crippen LogP contribution in [0.4, 0.5) is 5.69 Å². The average Bonchev–Trinajstić information content (AvgIpc) is 3.16. The number of esters is 1. The van der Waals surface area contributed by atoms with Gasteiger partial charge in [-0.15, -0.1) is 0 Å². The largest absolute Gasteiger partial charge is 0.497 e. The fraction of sp³-hybridized carbons (Fsp3) is 0.588. The predicted octanol–water partition coefficient (Wildman–Crippen LogP) is 2.17. The first-order valence-electron chi connectivity index (χ1n) is 7.97. The number of anilines is 1. The van der Waals surface area contributed by atoms with Crippen molar-refractivity contribution in [2.45, 2.75) is 31.4 Å². The van der Waals surface area contributed by atoms with E-state index < -0.39 is 0 Å². The Morgan fingerprint density at radius 2 is 2.32 bits per heavy atom. The molecule has 0 radical (unpaired) electrons. The van der Waals surface area contributed by atoms with Crippen LogP contribution < -0.4 is 10.1 Å². The SMILES string of the molecule is CCOC(=O)[C@H]1[C@@H]2CCO[C@H]2[C@H]2c3cc(OC)ccc3N[C@@H]12. The number of benzene rings is 1. The van der Waals surface area contributed by atoms with Crippen molar-refractivity contribution in [1.82, 2.24) is 0 Å². The lowest BCUT2D eigenvalue weighted by atomic mass is 9.91. The number of rotatable bonds is 3. The summed E-state index contributed by atoms with van der Waals surface area (Å²) in [5, 5.41) is 3.53. The first kappa shape index (κ1) is 13.9. The van der Waals surface area contributed by atoms with E-state index in [1.54, 1.807) is 7.11 Å². The van der Waals surface area contributed by atoms with Crippen LogP contribution >= 0.6 is 0 Å². The lowest BCUT2D eigenvalue weighted by Crippen LogP contribution is -2.34. The molecule has 22 heavy (non-hydrogen) atoms. The Hall–Kier alpha value is -1.75. The number of fused-ring (bicyclic) bond motifs is 5. The molecule has 118 valence electrons. The highest BCUT2D eigenvalue weighted by Gasteiger charge is 2.59. The third kappa shape index (κ3) is 1.85. The minimum absolute atomic E-state index is 0.0662. The van der Waals surface area contributed by atoms with Crippen molar-refractivity contribution in [3.63, 3.8) is 0 Å². The van der Waals surface area contributed by atoms with Crippen molar-refractivity contribution in [1.29, 1.82) is 0 Å². The molecule has 0 amide bonds. The van der Waals surface area contributed by atoms with Gasteiger partial charge < -0.3 is 19.5 Å². The van der Waals surface area contributed by atoms with Crippen molar-refractivity contribution in [3.05, 3.63) is 23.8 Å². The Labute approximate surface area is 129 Å². The molecule has 0 unspecified atom stereocenters. The molecule has 1 N–H and O–H groups in total. The molecule has 1 saturated heterocycles. The summed E-state index contributed by atoms with van der Waals surface area (Å²) in [4.78, 5) is 12.5. The second-order valence-electron chi connectivity index (χ2n) is 6.21. The van der Waals surface area contributed by atoms with Crippen molar-refractivity contribution < 1.29 is 19.0 Å². The van der Waals surface area contributed by atoms with E-state index in [2.05, 4.69) is 11.4 Å². The molecule has 0 bridgehead atoms. The zero-order valence-corrected chi connectivity index (χ0v) is 12.9. The summed E-state index contributed by atoms with van der Waals surface area (Å²) in [6.07, 6.45) is 1.03. The van der Waals surface area contributed by atoms with Gasteiger partial charge in [-0.1, -0.05) is 0 Å². The van der Waals surface area contributed by atoms with Gasteiger partial charge in [-0.2, -0.15) is 0 Å². The van der Waals surface area contributed by atoms with Crippen LogP contribution in [0.5, 0.6) is 5.75 Å². The van der Waals surface area contributed by atoms with E-state index in [4.69, 9.17) is 14.2 Å². The fourth-order valence-corrected chi connectivity index (χ4v) is 4.44. The van der Waals surface area contributed by atoms with Gasteiger partial charge in [0.25, 0.3) is 0 Å². The molecule has 2 heterocycles. The first-order chi connectivity index (χ1) is 10.7. The van der Waals surface area contributed by atoms with E-state index in [1.165, 1.54) is 5.56 Å². The number of nitrogens with one attached hydrogen (secondary N) is 1. The molecule has 5 nitrogen and oxygen atoms in total. The predicted molar refractivity (Wildman–Crippen MR) is 81.1 cm³/mol. The van der Waals surface area contributed by atoms with Gasteiger partial charge >= 0.3 is 5.97 Å². The van der Waals surface area contributed by atoms with Gasteiger partial charge in [-0.05, 0) is 37.1 Å². The van der Waals surface area contributed by atoms with Crippen molar-refractivity contribution in [3.8, 4) is 5.75 Å². The van der Waals surface area contributed by atoms with Gasteiger partial charge in [0.2, 0.25) is 0 Å². The number of carbonyl (C=O) groups is 1. The summed E-state index contributed by atoms with van der Waals surface area (Å²) in [7, 11) is 1.67. The summed E-state index contributed by atoms with van der Waals surface area (Å²) < 4.78 is 16.7. The van der Waals surface area contributed by atoms with Crippen molar-refractivity contribution in [2.24, 2.45) is 11.8 Å². The lowest BCUT2D eigenvalue weighted by Gasteiger charge is -2.21. The van der Waals surface area contributed by atoms with Crippen molar-refractivity contribution >= 4 is 11.7 Å². The van der Waals surface area contributed by atoms with Gasteiger partial charge in [0.1, 0.15) is 5.75 Å². The van der Waals surface area contributed by atoms with Crippen LogP contribution in [0.25, 0.3) is 0 Å². The maximum Gasteiger partial charge on any atom is 0.311 e. The monoisotopic (exact) mass is 303 g/mol. The van der Waals surface area contributed by atoms with E-state index in [9.17, 15) is 4.79 Å². The topological polar surface area (TPSA) is 56.8 Å². The molecule has 0 aromatic heterocycles. The van der Waals surface area contributed by atoms with Crippen LogP contribution in [-0.4, -0.2) is 38.4 Å². The standard InChI is InChI=1S/C17H21NO4/c1-3-21-17(19)14-10-6-7-22-16(10)13-11-8-9(20-2)4-5-12(11)18-15(13)14/h4-5,8,10,13-16,18H,3,6-7H2,1-2H3/t10-,13-,14-,15+,16+/m0/s1. The van der Waals surface area contributed by atoms with Gasteiger partial charge in [0, 0.05) is 30.2 Å². The van der Waals surface area contributed by atoms with E-state index in [-0.39, 0.29) is 35.9 Å². The molecule has 5 heteroatoms. The summed E-state index contributed by atoms with van der Waals surface area (Å²) in [5.74, 6) is 1.07. The first-order valence-corrected chi connectivity index (χ1v) is 7.97. The highest BCUT2D eigenvalue weighted by Crippen LogP contribution is 2.55. The van der Waals surface area contributed by atoms with Crippen LogP contribution in [0.1, 0.15) is 24.8 Å². The Bertz CT molecular complexity index is 602. The zero-order valence-electron chi connectivity index (χ0n) is 12.9. The molecule has 1 aromatic carbocycles. The van der Waals surface area contributed by atoms with Gasteiger partial charge in [-0.3, -0.25) is 4.79 Å². The maximum atomic E-state index is 12.5. The fourth-order valence-electron chi connectivity index (χ4n) is 4.44. The molecule has 1 aromatic rings. The molecular formula is C17H21NO4. The van der Waals surface area contributed by atoms with E-state index in [0.29, 0.717) is 6.61 Å². The number of hydrogen-bond donors (Lipinski definition) is 1. The summed E-state index contributed by atoms with van der Waals surface area (Å²) >= 11 is 0. The van der Waals surface area contributed by atoms with Crippen LogP contribution in [0, 0.1) is 11.8 Å². The number of carbonyl (C=O) groups excluding carboxylic acids is 1. The Morgan fingerprint density at radius 3 is 3.09 bits per heavy atom. The zero-order chi connectivity index (χ0) is 15.3. The maximum absolute atomic E-state index is 12.5. The molecule has 4 rings (SSSR count). The van der Waals surface area contributed by atoms with Crippen LogP contribution in [0.15, 0.2) is 18.2 Å². The molecular weight excluding hydrogens is 282 g/mol.